The first-order valence-electron chi connectivity index (χ1n) is 6.59. The zero-order valence-corrected chi connectivity index (χ0v) is 11.9. The molecule has 1 rings (SSSR count). The van der Waals surface area contributed by atoms with Crippen LogP contribution in [-0.2, 0) is 4.74 Å². The van der Waals surface area contributed by atoms with Crippen molar-refractivity contribution in [2.45, 2.75) is 57.9 Å². The Kier molecular flexibility index (Phi) is 5.38. The quantitative estimate of drug-likeness (QED) is 0.727. The van der Waals surface area contributed by atoms with Gasteiger partial charge < -0.3 is 15.2 Å². The highest BCUT2D eigenvalue weighted by Crippen LogP contribution is 2.19. The molecule has 4 heteroatoms. The molecule has 3 unspecified atom stereocenters. The van der Waals surface area contributed by atoms with Gasteiger partial charge in [-0.3, -0.25) is 4.90 Å². The largest absolute Gasteiger partial charge is 0.388 e. The lowest BCUT2D eigenvalue weighted by Crippen LogP contribution is -2.51. The van der Waals surface area contributed by atoms with Gasteiger partial charge in [0.25, 0.3) is 0 Å². The van der Waals surface area contributed by atoms with Gasteiger partial charge in [-0.2, -0.15) is 0 Å². The second-order valence-electron chi connectivity index (χ2n) is 5.88. The van der Waals surface area contributed by atoms with E-state index in [4.69, 9.17) is 4.74 Å². The SMILES string of the molecule is CC(C)NCC(C)(O)CN(C)C1CCOC1C. The van der Waals surface area contributed by atoms with E-state index in [2.05, 4.69) is 38.0 Å². The summed E-state index contributed by atoms with van der Waals surface area (Å²) in [6, 6.07) is 0.834. The molecule has 0 bridgehead atoms. The van der Waals surface area contributed by atoms with E-state index in [1.165, 1.54) is 0 Å². The minimum absolute atomic E-state index is 0.272. The van der Waals surface area contributed by atoms with Gasteiger partial charge >= 0.3 is 0 Å². The molecule has 1 aliphatic rings. The summed E-state index contributed by atoms with van der Waals surface area (Å²) in [5.74, 6) is 0. The Bertz CT molecular complexity index is 231. The van der Waals surface area contributed by atoms with Gasteiger partial charge in [-0.05, 0) is 27.3 Å². The molecule has 0 spiro atoms. The van der Waals surface area contributed by atoms with Gasteiger partial charge in [0.2, 0.25) is 0 Å². The second kappa shape index (κ2) is 6.14. The first kappa shape index (κ1) is 14.9. The van der Waals surface area contributed by atoms with Crippen LogP contribution >= 0.6 is 0 Å². The van der Waals surface area contributed by atoms with Crippen LogP contribution in [0.5, 0.6) is 0 Å². The van der Waals surface area contributed by atoms with E-state index in [9.17, 15) is 5.11 Å². The molecule has 1 fully saturated rings. The predicted octanol–water partition coefficient (Wildman–Crippen LogP) is 0.845. The molecule has 1 saturated heterocycles. The molecule has 3 atom stereocenters. The van der Waals surface area contributed by atoms with Crippen molar-refractivity contribution in [3.63, 3.8) is 0 Å². The molecule has 17 heavy (non-hydrogen) atoms. The van der Waals surface area contributed by atoms with E-state index < -0.39 is 5.60 Å². The highest BCUT2D eigenvalue weighted by Gasteiger charge is 2.32. The van der Waals surface area contributed by atoms with E-state index in [0.29, 0.717) is 25.2 Å². The van der Waals surface area contributed by atoms with Crippen molar-refractivity contribution >= 4 is 0 Å². The standard InChI is InChI=1S/C13H28N2O2/c1-10(2)14-8-13(4,16)9-15(5)12-6-7-17-11(12)3/h10-12,14,16H,6-9H2,1-5H3. The first-order valence-corrected chi connectivity index (χ1v) is 6.59. The molecule has 0 aromatic heterocycles. The molecule has 1 aliphatic heterocycles. The summed E-state index contributed by atoms with van der Waals surface area (Å²) in [6.45, 7) is 10.3. The van der Waals surface area contributed by atoms with Crippen LogP contribution in [0.2, 0.25) is 0 Å². The molecule has 0 saturated carbocycles. The van der Waals surface area contributed by atoms with Gasteiger partial charge in [0, 0.05) is 31.8 Å². The summed E-state index contributed by atoms with van der Waals surface area (Å²) in [5, 5.41) is 13.6. The van der Waals surface area contributed by atoms with Crippen LogP contribution in [0.4, 0.5) is 0 Å². The van der Waals surface area contributed by atoms with Crippen LogP contribution in [0.15, 0.2) is 0 Å². The van der Waals surface area contributed by atoms with Crippen LogP contribution in [0.1, 0.15) is 34.1 Å². The summed E-state index contributed by atoms with van der Waals surface area (Å²) in [4.78, 5) is 2.22. The van der Waals surface area contributed by atoms with Crippen LogP contribution in [-0.4, -0.2) is 60.5 Å². The fraction of sp³-hybridized carbons (Fsp3) is 1.00. The molecule has 0 amide bonds. The zero-order chi connectivity index (χ0) is 13.1. The molecular formula is C13H28N2O2. The Morgan fingerprint density at radius 1 is 1.53 bits per heavy atom. The highest BCUT2D eigenvalue weighted by atomic mass is 16.5. The number of hydrogen-bond donors (Lipinski definition) is 2. The molecule has 0 aliphatic carbocycles. The number of nitrogens with one attached hydrogen (secondary N) is 1. The molecule has 0 aromatic rings. The number of likely N-dealkylation sites (N-methyl/N-ethyl adjacent to an activating group) is 1. The van der Waals surface area contributed by atoms with Gasteiger partial charge in [0.05, 0.1) is 11.7 Å². The minimum Gasteiger partial charge on any atom is -0.388 e. The third kappa shape index (κ3) is 4.92. The van der Waals surface area contributed by atoms with Crippen LogP contribution in [0, 0.1) is 0 Å². The third-order valence-corrected chi connectivity index (χ3v) is 3.38. The summed E-state index contributed by atoms with van der Waals surface area (Å²) in [6.07, 6.45) is 1.33. The Balaban J connectivity index is 2.40. The van der Waals surface area contributed by atoms with Gasteiger partial charge in [-0.15, -0.1) is 0 Å². The van der Waals surface area contributed by atoms with Gasteiger partial charge in [0.15, 0.2) is 0 Å². The maximum absolute atomic E-state index is 10.3. The van der Waals surface area contributed by atoms with E-state index >= 15 is 0 Å². The Morgan fingerprint density at radius 2 is 2.18 bits per heavy atom. The maximum atomic E-state index is 10.3. The molecular weight excluding hydrogens is 216 g/mol. The highest BCUT2D eigenvalue weighted by molar-refractivity contribution is 4.86. The molecule has 1 heterocycles. The van der Waals surface area contributed by atoms with Crippen molar-refractivity contribution < 1.29 is 9.84 Å². The lowest BCUT2D eigenvalue weighted by molar-refractivity contribution is 0.00242. The number of aliphatic hydroxyl groups is 1. The number of hydrogen-bond acceptors (Lipinski definition) is 4. The lowest BCUT2D eigenvalue weighted by atomic mass is 10.0. The van der Waals surface area contributed by atoms with Gasteiger partial charge in [-0.1, -0.05) is 13.8 Å². The fourth-order valence-electron chi connectivity index (χ4n) is 2.43. The Hall–Kier alpha value is -0.160. The monoisotopic (exact) mass is 244 g/mol. The van der Waals surface area contributed by atoms with E-state index in [1.54, 1.807) is 0 Å². The summed E-state index contributed by atoms with van der Waals surface area (Å²) >= 11 is 0. The van der Waals surface area contributed by atoms with Gasteiger partial charge in [-0.25, -0.2) is 0 Å². The maximum Gasteiger partial charge on any atom is 0.0869 e. The molecule has 102 valence electrons. The summed E-state index contributed by atoms with van der Waals surface area (Å²) < 4.78 is 5.56. The summed E-state index contributed by atoms with van der Waals surface area (Å²) in [5.41, 5.74) is -0.693. The van der Waals surface area contributed by atoms with Crippen molar-refractivity contribution in [3.8, 4) is 0 Å². The molecule has 2 N–H and O–H groups in total. The zero-order valence-electron chi connectivity index (χ0n) is 11.9. The average Bonchev–Trinajstić information content (AvgIpc) is 2.61. The Labute approximate surface area is 105 Å². The Morgan fingerprint density at radius 3 is 2.65 bits per heavy atom. The van der Waals surface area contributed by atoms with Crippen LogP contribution in [0.3, 0.4) is 0 Å². The van der Waals surface area contributed by atoms with E-state index in [0.717, 1.165) is 13.0 Å². The second-order valence-corrected chi connectivity index (χ2v) is 5.88. The predicted molar refractivity (Wildman–Crippen MR) is 70.2 cm³/mol. The molecule has 4 nitrogen and oxygen atoms in total. The van der Waals surface area contributed by atoms with Crippen LogP contribution < -0.4 is 5.32 Å². The topological polar surface area (TPSA) is 44.7 Å². The number of rotatable bonds is 6. The van der Waals surface area contributed by atoms with Crippen molar-refractivity contribution in [2.24, 2.45) is 0 Å². The van der Waals surface area contributed by atoms with E-state index in [-0.39, 0.29) is 6.10 Å². The first-order chi connectivity index (χ1) is 7.82. The molecule has 0 aromatic carbocycles. The van der Waals surface area contributed by atoms with Crippen molar-refractivity contribution in [3.05, 3.63) is 0 Å². The third-order valence-electron chi connectivity index (χ3n) is 3.38. The fourth-order valence-corrected chi connectivity index (χ4v) is 2.43. The number of nitrogens with zero attached hydrogens (tertiary/aromatic N) is 1. The smallest absolute Gasteiger partial charge is 0.0869 e. The normalized spacial score (nSPS) is 28.9. The van der Waals surface area contributed by atoms with Crippen molar-refractivity contribution in [1.29, 1.82) is 0 Å². The average molecular weight is 244 g/mol. The van der Waals surface area contributed by atoms with Crippen molar-refractivity contribution in [1.82, 2.24) is 10.2 Å². The summed E-state index contributed by atoms with van der Waals surface area (Å²) in [7, 11) is 2.07. The molecule has 0 radical (unpaired) electrons. The van der Waals surface area contributed by atoms with Gasteiger partial charge in [0.1, 0.15) is 0 Å². The minimum atomic E-state index is -0.693. The number of ether oxygens (including phenoxy) is 1. The lowest BCUT2D eigenvalue weighted by Gasteiger charge is -2.34. The van der Waals surface area contributed by atoms with Crippen molar-refractivity contribution in [2.75, 3.05) is 26.7 Å². The van der Waals surface area contributed by atoms with E-state index in [1.807, 2.05) is 6.92 Å². The van der Waals surface area contributed by atoms with Crippen LogP contribution in [0.25, 0.3) is 0 Å².